The zero-order valence-electron chi connectivity index (χ0n) is 18.7. The van der Waals surface area contributed by atoms with Gasteiger partial charge in [-0.15, -0.1) is 0 Å². The zero-order valence-corrected chi connectivity index (χ0v) is 19.4. The number of H-pyrrole nitrogens is 1. The highest BCUT2D eigenvalue weighted by molar-refractivity contribution is 6.31. The van der Waals surface area contributed by atoms with E-state index >= 15 is 0 Å². The van der Waals surface area contributed by atoms with Gasteiger partial charge in [-0.1, -0.05) is 42.3 Å². The molecule has 0 atom stereocenters. The molecule has 1 aliphatic carbocycles. The maximum Gasteiger partial charge on any atom is 0.433 e. The number of aliphatic hydroxyl groups is 1. The number of rotatable bonds is 4. The van der Waals surface area contributed by atoms with Crippen LogP contribution in [-0.4, -0.2) is 20.1 Å². The van der Waals surface area contributed by atoms with E-state index in [4.69, 9.17) is 16.6 Å². The van der Waals surface area contributed by atoms with Crippen molar-refractivity contribution in [3.8, 4) is 11.1 Å². The summed E-state index contributed by atoms with van der Waals surface area (Å²) in [5.74, 6) is 0.886. The molecule has 2 aromatic heterocycles. The van der Waals surface area contributed by atoms with Crippen molar-refractivity contribution in [3.05, 3.63) is 82.4 Å². The molecule has 0 aliphatic heterocycles. The van der Waals surface area contributed by atoms with Gasteiger partial charge in [0.15, 0.2) is 0 Å². The van der Waals surface area contributed by atoms with Gasteiger partial charge in [0.25, 0.3) is 0 Å². The molecule has 5 rings (SSSR count). The Hall–Kier alpha value is -2.90. The van der Waals surface area contributed by atoms with E-state index in [1.807, 2.05) is 42.5 Å². The number of fused-ring (bicyclic) bond motifs is 1. The summed E-state index contributed by atoms with van der Waals surface area (Å²) >= 11 is 6.13. The summed E-state index contributed by atoms with van der Waals surface area (Å²) in [4.78, 5) is 11.9. The van der Waals surface area contributed by atoms with Gasteiger partial charge in [0.2, 0.25) is 0 Å². The average molecular weight is 486 g/mol. The molecule has 0 radical (unpaired) electrons. The molecule has 2 aromatic carbocycles. The Morgan fingerprint density at radius 2 is 1.74 bits per heavy atom. The Bertz CT molecular complexity index is 1370. The first-order valence-electron chi connectivity index (χ1n) is 11.0. The largest absolute Gasteiger partial charge is 0.433 e. The molecule has 176 valence electrons. The highest BCUT2D eigenvalue weighted by Crippen LogP contribution is 2.49. The summed E-state index contributed by atoms with van der Waals surface area (Å²) < 4.78 is 39.7. The number of hydrogen-bond donors (Lipinski definition) is 2. The molecule has 0 unspecified atom stereocenters. The van der Waals surface area contributed by atoms with Gasteiger partial charge in [-0.25, -0.2) is 4.98 Å². The number of nitrogens with zero attached hydrogens (tertiary/aromatic N) is 2. The lowest BCUT2D eigenvalue weighted by Crippen LogP contribution is -2.36. The van der Waals surface area contributed by atoms with Crippen molar-refractivity contribution in [3.63, 3.8) is 0 Å². The van der Waals surface area contributed by atoms with Crippen molar-refractivity contribution >= 4 is 22.6 Å². The molecule has 1 saturated carbocycles. The molecule has 1 fully saturated rings. The number of alkyl halides is 3. The Morgan fingerprint density at radius 1 is 1.03 bits per heavy atom. The minimum Gasteiger partial charge on any atom is -0.386 e. The molecule has 4 nitrogen and oxygen atoms in total. The van der Waals surface area contributed by atoms with Crippen molar-refractivity contribution < 1.29 is 18.3 Å². The zero-order chi connectivity index (χ0) is 24.3. The van der Waals surface area contributed by atoms with E-state index < -0.39 is 17.5 Å². The third kappa shape index (κ3) is 3.87. The van der Waals surface area contributed by atoms with Crippen LogP contribution in [-0.2, 0) is 17.2 Å². The molecule has 8 heteroatoms. The fourth-order valence-corrected chi connectivity index (χ4v) is 4.89. The van der Waals surface area contributed by atoms with Crippen LogP contribution < -0.4 is 0 Å². The number of imidazole rings is 1. The highest BCUT2D eigenvalue weighted by atomic mass is 35.5. The van der Waals surface area contributed by atoms with E-state index in [0.717, 1.165) is 47.8 Å². The predicted octanol–water partition coefficient (Wildman–Crippen LogP) is 6.99. The first-order chi connectivity index (χ1) is 16.0. The van der Waals surface area contributed by atoms with Crippen molar-refractivity contribution in [2.45, 2.75) is 50.3 Å². The number of aromatic amines is 1. The summed E-state index contributed by atoms with van der Waals surface area (Å²) in [5, 5.41) is 11.2. The molecule has 0 saturated heterocycles. The lowest BCUT2D eigenvalue weighted by molar-refractivity contribution is -0.141. The predicted molar refractivity (Wildman–Crippen MR) is 126 cm³/mol. The number of aromatic nitrogens is 3. The second-order valence-electron chi connectivity index (χ2n) is 9.43. The van der Waals surface area contributed by atoms with Crippen molar-refractivity contribution in [2.75, 3.05) is 0 Å². The number of benzene rings is 2. The van der Waals surface area contributed by atoms with E-state index in [1.54, 1.807) is 0 Å². The van der Waals surface area contributed by atoms with Crippen molar-refractivity contribution in [1.29, 1.82) is 0 Å². The highest BCUT2D eigenvalue weighted by Gasteiger charge is 2.43. The molecule has 34 heavy (non-hydrogen) atoms. The van der Waals surface area contributed by atoms with E-state index in [-0.39, 0.29) is 11.0 Å². The van der Waals surface area contributed by atoms with Crippen LogP contribution in [0.4, 0.5) is 13.2 Å². The Balaban J connectivity index is 1.54. The lowest BCUT2D eigenvalue weighted by Gasteiger charge is -2.40. The summed E-state index contributed by atoms with van der Waals surface area (Å²) in [6.07, 6.45) is -0.443. The summed E-state index contributed by atoms with van der Waals surface area (Å²) in [6, 6.07) is 14.2. The third-order valence-corrected chi connectivity index (χ3v) is 6.94. The minimum absolute atomic E-state index is 0.176. The van der Waals surface area contributed by atoms with Crippen LogP contribution in [0.5, 0.6) is 0 Å². The topological polar surface area (TPSA) is 61.8 Å². The number of halogens is 4. The Kier molecular flexibility index (Phi) is 5.26. The number of nitrogens with one attached hydrogen (secondary N) is 1. The second-order valence-corrected chi connectivity index (χ2v) is 9.87. The van der Waals surface area contributed by atoms with Crippen molar-refractivity contribution in [2.24, 2.45) is 0 Å². The van der Waals surface area contributed by atoms with E-state index in [9.17, 15) is 18.3 Å². The van der Waals surface area contributed by atoms with E-state index in [0.29, 0.717) is 16.1 Å². The summed E-state index contributed by atoms with van der Waals surface area (Å²) in [6.45, 7) is 2.94. The Labute approximate surface area is 199 Å². The summed E-state index contributed by atoms with van der Waals surface area (Å²) in [7, 11) is 0. The van der Waals surface area contributed by atoms with Crippen molar-refractivity contribution in [1.82, 2.24) is 15.0 Å². The van der Waals surface area contributed by atoms with E-state index in [1.165, 1.54) is 20.0 Å². The maximum atomic E-state index is 13.2. The molecular formula is C26H23ClF3N3O. The standard InChI is InChI=1S/C26H23ClF3N3O/c1-24(2,34)19-13-22(26(28,29)30)31-14-18(19)15-4-6-16(7-5-15)25(10-3-11-25)23-32-20-9-8-17(27)12-21(20)33-23/h4-9,12-14,34H,3,10-11H2,1-2H3,(H,32,33). The van der Waals surface area contributed by atoms with Crippen LogP contribution in [0.3, 0.4) is 0 Å². The SMILES string of the molecule is CC(C)(O)c1cc(C(F)(F)F)ncc1-c1ccc(C2(c3nc4ccc(Cl)cc4[nH]3)CCC2)cc1. The lowest BCUT2D eigenvalue weighted by atomic mass is 9.64. The van der Waals surface area contributed by atoms with Gasteiger partial charge in [-0.3, -0.25) is 4.98 Å². The second kappa shape index (κ2) is 7.82. The van der Waals surface area contributed by atoms with Crippen LogP contribution in [0.25, 0.3) is 22.2 Å². The summed E-state index contributed by atoms with van der Waals surface area (Å²) in [5.41, 5.74) is 1.41. The molecule has 4 aromatic rings. The molecule has 0 bridgehead atoms. The normalized spacial score (nSPS) is 16.0. The molecule has 0 amide bonds. The van der Waals surface area contributed by atoms with Gasteiger partial charge in [-0.05, 0) is 67.6 Å². The Morgan fingerprint density at radius 3 is 2.32 bits per heavy atom. The van der Waals surface area contributed by atoms with Gasteiger partial charge in [0.05, 0.1) is 22.0 Å². The van der Waals surface area contributed by atoms with Gasteiger partial charge in [0.1, 0.15) is 11.5 Å². The monoisotopic (exact) mass is 485 g/mol. The van der Waals surface area contributed by atoms with Gasteiger partial charge in [-0.2, -0.15) is 13.2 Å². The fourth-order valence-electron chi connectivity index (χ4n) is 4.72. The van der Waals surface area contributed by atoms with Crippen LogP contribution in [0.2, 0.25) is 5.02 Å². The van der Waals surface area contributed by atoms with E-state index in [2.05, 4.69) is 9.97 Å². The fraction of sp³-hybridized carbons (Fsp3) is 0.308. The van der Waals surface area contributed by atoms with Gasteiger partial charge in [0, 0.05) is 16.8 Å². The molecule has 2 N–H and O–H groups in total. The maximum absolute atomic E-state index is 13.2. The number of pyridine rings is 1. The average Bonchev–Trinajstić information content (AvgIpc) is 3.15. The molecule has 0 spiro atoms. The van der Waals surface area contributed by atoms with Crippen LogP contribution in [0, 0.1) is 0 Å². The molecule has 1 aliphatic rings. The smallest absolute Gasteiger partial charge is 0.386 e. The van der Waals surface area contributed by atoms with Gasteiger partial charge < -0.3 is 10.1 Å². The third-order valence-electron chi connectivity index (χ3n) is 6.71. The molecular weight excluding hydrogens is 463 g/mol. The molecule has 2 heterocycles. The quantitative estimate of drug-likeness (QED) is 0.327. The van der Waals surface area contributed by atoms with Crippen LogP contribution >= 0.6 is 11.6 Å². The first-order valence-corrected chi connectivity index (χ1v) is 11.4. The first kappa shape index (κ1) is 22.9. The number of hydrogen-bond acceptors (Lipinski definition) is 3. The minimum atomic E-state index is -4.59. The van der Waals surface area contributed by atoms with Crippen LogP contribution in [0.1, 0.15) is 55.8 Å². The van der Waals surface area contributed by atoms with Crippen LogP contribution in [0.15, 0.2) is 54.7 Å². The van der Waals surface area contributed by atoms with Gasteiger partial charge >= 0.3 is 6.18 Å².